The van der Waals surface area contributed by atoms with Crippen molar-refractivity contribution in [2.24, 2.45) is 0 Å². The van der Waals surface area contributed by atoms with Crippen molar-refractivity contribution in [1.29, 1.82) is 0 Å². The molecule has 4 aromatic rings. The first-order valence-corrected chi connectivity index (χ1v) is 20.0. The zero-order valence-corrected chi connectivity index (χ0v) is 38.4. The first kappa shape index (κ1) is 46.0. The zero-order valence-electron chi connectivity index (χ0n) is 29.7. The third-order valence-corrected chi connectivity index (χ3v) is 10.9. The first-order valence-electron chi connectivity index (χ1n) is 15.8. The molecule has 0 saturated carbocycles. The van der Waals surface area contributed by atoms with Gasteiger partial charge in [0.15, 0.2) is 12.3 Å². The van der Waals surface area contributed by atoms with Gasteiger partial charge in [-0.1, -0.05) is 54.6 Å². The molecule has 266 valence electrons. The van der Waals surface area contributed by atoms with Crippen LogP contribution in [0, 0.1) is 0 Å². The Morgan fingerprint density at radius 3 is 1.72 bits per heavy atom. The zero-order chi connectivity index (χ0) is 37.0. The molecule has 0 N–H and O–H groups in total. The Balaban J connectivity index is 0.00000378. The molecule has 0 fully saturated rings. The monoisotopic (exact) mass is 824 g/mol. The third-order valence-electron chi connectivity index (χ3n) is 8.35. The number of rotatable bonds is 12. The average molecular weight is 825 g/mol. The van der Waals surface area contributed by atoms with Gasteiger partial charge in [-0.3, -0.25) is 0 Å². The Bertz CT molecular complexity index is 2410. The van der Waals surface area contributed by atoms with Gasteiger partial charge in [0.25, 0.3) is 0 Å². The first-order chi connectivity index (χ1) is 24.1. The second-order valence-corrected chi connectivity index (χ2v) is 15.8. The standard InChI is InChI=1S/C37H36N2O9S3.2K/c1-3-38(25-27-9-7-11-33(23-27)49(40,41)42)31-19-15-29(16-20-31)37(35-13-5-6-14-36(35)51(46,47)48)30-17-21-32(22-18-30)39(4-2)26-28-10-8-12-34(24-28)50(43,44)45;;/h5-24H,3-4,25-26H2,1-2H3,(H2-,40,41,42,43,44,45,46,47,48);;/q;2*+1/p-2. The van der Waals surface area contributed by atoms with E-state index in [9.17, 15) is 38.9 Å². The second kappa shape index (κ2) is 19.6. The van der Waals surface area contributed by atoms with Gasteiger partial charge in [-0.05, 0) is 90.7 Å². The van der Waals surface area contributed by atoms with Gasteiger partial charge in [-0.25, -0.2) is 29.8 Å². The maximum Gasteiger partial charge on any atom is 1.00 e. The van der Waals surface area contributed by atoms with Crippen molar-refractivity contribution in [1.82, 2.24) is 0 Å². The Morgan fingerprint density at radius 1 is 0.642 bits per heavy atom. The van der Waals surface area contributed by atoms with Crippen molar-refractivity contribution in [2.45, 2.75) is 41.6 Å². The normalized spacial score (nSPS) is 12.8. The Kier molecular flexibility index (Phi) is 17.0. The van der Waals surface area contributed by atoms with Crippen molar-refractivity contribution in [3.8, 4) is 0 Å². The van der Waals surface area contributed by atoms with Crippen molar-refractivity contribution in [3.05, 3.63) is 149 Å². The largest absolute Gasteiger partial charge is 1.00 e. The predicted molar refractivity (Wildman–Crippen MR) is 190 cm³/mol. The molecule has 1 aliphatic carbocycles. The molecule has 53 heavy (non-hydrogen) atoms. The van der Waals surface area contributed by atoms with E-state index in [0.29, 0.717) is 54.0 Å². The molecule has 0 radical (unpaired) electrons. The number of nitrogens with zero attached hydrogens (tertiary/aromatic N) is 2. The summed E-state index contributed by atoms with van der Waals surface area (Å²) in [5, 5.41) is 0. The molecular weight excluding hydrogens is 791 g/mol. The summed E-state index contributed by atoms with van der Waals surface area (Å²) in [5.74, 6) is 0. The van der Waals surface area contributed by atoms with E-state index in [4.69, 9.17) is 0 Å². The fourth-order valence-electron chi connectivity index (χ4n) is 5.86. The molecule has 1 aliphatic rings. The fourth-order valence-corrected chi connectivity index (χ4v) is 7.62. The van der Waals surface area contributed by atoms with E-state index < -0.39 is 30.4 Å². The van der Waals surface area contributed by atoms with E-state index in [1.54, 1.807) is 24.3 Å². The van der Waals surface area contributed by atoms with Crippen LogP contribution in [0.2, 0.25) is 0 Å². The van der Waals surface area contributed by atoms with Crippen LogP contribution in [0.4, 0.5) is 5.69 Å². The molecule has 0 spiro atoms. The molecule has 5 rings (SSSR count). The number of hydrogen-bond acceptors (Lipinski definition) is 10. The average Bonchev–Trinajstić information content (AvgIpc) is 3.10. The maximum atomic E-state index is 12.4. The quantitative estimate of drug-likeness (QED) is 0.0982. The summed E-state index contributed by atoms with van der Waals surface area (Å²) in [4.78, 5) is 0.982. The van der Waals surface area contributed by atoms with Gasteiger partial charge < -0.3 is 18.6 Å². The summed E-state index contributed by atoms with van der Waals surface area (Å²) in [6, 6.07) is 25.0. The van der Waals surface area contributed by atoms with Crippen molar-refractivity contribution >= 4 is 47.3 Å². The molecule has 0 aromatic heterocycles. The minimum atomic E-state index is -4.86. The number of benzene rings is 4. The van der Waals surface area contributed by atoms with Crippen molar-refractivity contribution < 1.29 is 146 Å². The van der Waals surface area contributed by atoms with Gasteiger partial charge in [0.1, 0.15) is 36.9 Å². The Labute approximate surface area is 396 Å². The summed E-state index contributed by atoms with van der Waals surface area (Å²) in [6.45, 7) is 5.60. The van der Waals surface area contributed by atoms with Crippen molar-refractivity contribution in [2.75, 3.05) is 18.0 Å². The molecule has 0 amide bonds. The SMILES string of the molecule is CCN(Cc1cccc(S(=O)(=O)[O-])c1)c1ccc(C(=C2C=CC(=[N+](CC)Cc3cccc(S(=O)(=O)[O-])c3)C=C2)c2ccccc2S(=O)(=O)[O-])cc1.[K+].[K+]. The van der Waals surface area contributed by atoms with Crippen LogP contribution in [-0.2, 0) is 43.4 Å². The summed E-state index contributed by atoms with van der Waals surface area (Å²) in [5.41, 5.74) is 4.79. The molecule has 4 aromatic carbocycles. The van der Waals surface area contributed by atoms with E-state index in [1.807, 2.05) is 71.9 Å². The van der Waals surface area contributed by atoms with Gasteiger partial charge in [-0.15, -0.1) is 0 Å². The number of hydrogen-bond donors (Lipinski definition) is 0. The van der Waals surface area contributed by atoms with E-state index in [2.05, 4.69) is 0 Å². The molecule has 0 heterocycles. The van der Waals surface area contributed by atoms with E-state index in [1.165, 1.54) is 48.5 Å². The van der Waals surface area contributed by atoms with E-state index in [0.717, 1.165) is 11.4 Å². The van der Waals surface area contributed by atoms with E-state index in [-0.39, 0.29) is 123 Å². The molecule has 0 atom stereocenters. The maximum absolute atomic E-state index is 12.4. The molecule has 16 heteroatoms. The van der Waals surface area contributed by atoms with Gasteiger partial charge in [0.05, 0.1) is 14.7 Å². The number of allylic oxidation sites excluding steroid dienone is 5. The Hall–Kier alpha value is -1.43. The minimum Gasteiger partial charge on any atom is -0.744 e. The van der Waals surface area contributed by atoms with Crippen LogP contribution in [0.25, 0.3) is 5.57 Å². The topological polar surface area (TPSA) is 178 Å². The van der Waals surface area contributed by atoms with Crippen LogP contribution in [-0.4, -0.2) is 62.3 Å². The van der Waals surface area contributed by atoms with E-state index >= 15 is 0 Å². The van der Waals surface area contributed by atoms with Crippen LogP contribution in [0.3, 0.4) is 0 Å². The molecule has 11 nitrogen and oxygen atoms in total. The number of anilines is 1. The van der Waals surface area contributed by atoms with Gasteiger partial charge in [0, 0.05) is 42.1 Å². The Morgan fingerprint density at radius 2 is 1.19 bits per heavy atom. The van der Waals surface area contributed by atoms with Gasteiger partial charge in [-0.2, -0.15) is 0 Å². The van der Waals surface area contributed by atoms with Crippen LogP contribution >= 0.6 is 0 Å². The van der Waals surface area contributed by atoms with Crippen LogP contribution < -0.4 is 108 Å². The molecular formula is C37H34K2N2O9S3. The fraction of sp³-hybridized carbons (Fsp3) is 0.162. The molecule has 0 saturated heterocycles. The minimum absolute atomic E-state index is 0. The smallest absolute Gasteiger partial charge is 0.744 e. The summed E-state index contributed by atoms with van der Waals surface area (Å²) in [7, 11) is -14.1. The van der Waals surface area contributed by atoms with Gasteiger partial charge in [0.2, 0.25) is 0 Å². The van der Waals surface area contributed by atoms with Crippen LogP contribution in [0.1, 0.15) is 36.1 Å². The summed E-state index contributed by atoms with van der Waals surface area (Å²) in [6.07, 6.45) is 7.29. The second-order valence-electron chi connectivity index (χ2n) is 11.7. The summed E-state index contributed by atoms with van der Waals surface area (Å²) < 4.78 is 109. The van der Waals surface area contributed by atoms with Crippen LogP contribution in [0.5, 0.6) is 0 Å². The van der Waals surface area contributed by atoms with Crippen LogP contribution in [0.15, 0.2) is 142 Å². The van der Waals surface area contributed by atoms with Gasteiger partial charge >= 0.3 is 103 Å². The molecule has 0 unspecified atom stereocenters. The predicted octanol–water partition coefficient (Wildman–Crippen LogP) is -0.965. The molecule has 0 aliphatic heterocycles. The van der Waals surface area contributed by atoms with Crippen molar-refractivity contribution in [3.63, 3.8) is 0 Å². The third kappa shape index (κ3) is 12.0. The summed E-state index contributed by atoms with van der Waals surface area (Å²) >= 11 is 0. The molecule has 0 bridgehead atoms.